The van der Waals surface area contributed by atoms with Crippen LogP contribution in [-0.4, -0.2) is 76.5 Å². The summed E-state index contributed by atoms with van der Waals surface area (Å²) in [6.07, 6.45) is 0.163. The molecule has 14 nitrogen and oxygen atoms in total. The van der Waals surface area contributed by atoms with E-state index in [0.717, 1.165) is 0 Å². The van der Waals surface area contributed by atoms with Crippen molar-refractivity contribution in [2.75, 3.05) is 6.54 Å². The molecule has 0 radical (unpaired) electrons. The highest BCUT2D eigenvalue weighted by Gasteiger charge is 2.31. The lowest BCUT2D eigenvalue weighted by Crippen LogP contribution is -2.58. The highest BCUT2D eigenvalue weighted by Crippen LogP contribution is 2.08. The largest absolute Gasteiger partial charge is 0.481 e. The Bertz CT molecular complexity index is 760. The summed E-state index contributed by atoms with van der Waals surface area (Å²) in [6, 6.07) is -4.85. The van der Waals surface area contributed by atoms with E-state index >= 15 is 0 Å². The maximum absolute atomic E-state index is 12.9. The molecule has 35 heavy (non-hydrogen) atoms. The third-order valence-corrected chi connectivity index (χ3v) is 5.13. The number of nitrogens with one attached hydrogen (secondary N) is 3. The molecule has 0 aromatic rings. The van der Waals surface area contributed by atoms with Gasteiger partial charge in [0.1, 0.15) is 18.1 Å². The van der Waals surface area contributed by atoms with Crippen LogP contribution in [0.15, 0.2) is 0 Å². The van der Waals surface area contributed by atoms with E-state index in [1.54, 1.807) is 13.8 Å². The maximum atomic E-state index is 12.9. The molecular weight excluding hydrogens is 464 g/mol. The lowest BCUT2D eigenvalue weighted by atomic mass is 10.0. The number of carbonyl (C=O) groups is 6. The van der Waals surface area contributed by atoms with Crippen LogP contribution in [0.3, 0.4) is 0 Å². The number of carbonyl (C=O) groups excluding carboxylic acids is 4. The molecule has 0 bridgehead atoms. The highest BCUT2D eigenvalue weighted by atomic mass is 16.4. The molecule has 0 spiro atoms. The van der Waals surface area contributed by atoms with E-state index in [2.05, 4.69) is 16.0 Å². The molecule has 4 amide bonds. The SMILES string of the molecule is CC(C)C(NC(=O)C(N)CCC(N)=O)C(=O)NC(CCC(=O)O)C(=O)NC(CCCCN)C(=O)O. The monoisotopic (exact) mass is 502 g/mol. The van der Waals surface area contributed by atoms with Crippen LogP contribution in [0.2, 0.25) is 0 Å². The van der Waals surface area contributed by atoms with Gasteiger partial charge in [-0.1, -0.05) is 13.8 Å². The van der Waals surface area contributed by atoms with Crippen LogP contribution in [0.25, 0.3) is 0 Å². The van der Waals surface area contributed by atoms with Gasteiger partial charge < -0.3 is 43.4 Å². The lowest BCUT2D eigenvalue weighted by Gasteiger charge is -2.27. The zero-order chi connectivity index (χ0) is 27.1. The number of amides is 4. The third kappa shape index (κ3) is 13.3. The molecule has 0 rings (SSSR count). The van der Waals surface area contributed by atoms with E-state index < -0.39 is 72.1 Å². The van der Waals surface area contributed by atoms with Crippen LogP contribution in [0.4, 0.5) is 0 Å². The normalized spacial score (nSPS) is 14.3. The molecule has 4 atom stereocenters. The molecule has 0 aromatic carbocycles. The molecule has 0 aromatic heterocycles. The van der Waals surface area contributed by atoms with Gasteiger partial charge in [0.15, 0.2) is 0 Å². The van der Waals surface area contributed by atoms with Crippen LogP contribution in [0.1, 0.15) is 58.8 Å². The summed E-state index contributed by atoms with van der Waals surface area (Å²) in [5, 5.41) is 25.6. The molecule has 11 N–H and O–H groups in total. The third-order valence-electron chi connectivity index (χ3n) is 5.13. The Kier molecular flexibility index (Phi) is 14.9. The minimum Gasteiger partial charge on any atom is -0.481 e. The Morgan fingerprint density at radius 3 is 1.86 bits per heavy atom. The Morgan fingerprint density at radius 2 is 1.37 bits per heavy atom. The van der Waals surface area contributed by atoms with Crippen molar-refractivity contribution in [2.24, 2.45) is 23.1 Å². The van der Waals surface area contributed by atoms with Gasteiger partial charge in [-0.3, -0.25) is 24.0 Å². The minimum absolute atomic E-state index is 0.0298. The number of carboxylic acid groups (broad SMARTS) is 2. The van der Waals surface area contributed by atoms with Crippen molar-refractivity contribution in [1.82, 2.24) is 16.0 Å². The van der Waals surface area contributed by atoms with E-state index in [-0.39, 0.29) is 25.7 Å². The van der Waals surface area contributed by atoms with Gasteiger partial charge in [-0.2, -0.15) is 0 Å². The molecule has 0 aliphatic heterocycles. The molecular formula is C21H38N6O8. The number of nitrogens with two attached hydrogens (primary N) is 3. The Morgan fingerprint density at radius 1 is 0.771 bits per heavy atom. The lowest BCUT2D eigenvalue weighted by molar-refractivity contribution is -0.143. The van der Waals surface area contributed by atoms with Crippen LogP contribution in [-0.2, 0) is 28.8 Å². The summed E-state index contributed by atoms with van der Waals surface area (Å²) in [6.45, 7) is 3.61. The van der Waals surface area contributed by atoms with Crippen molar-refractivity contribution in [2.45, 2.75) is 83.0 Å². The van der Waals surface area contributed by atoms with Gasteiger partial charge in [0.2, 0.25) is 23.6 Å². The Hall–Kier alpha value is -3.26. The smallest absolute Gasteiger partial charge is 0.326 e. The van der Waals surface area contributed by atoms with E-state index in [1.807, 2.05) is 0 Å². The van der Waals surface area contributed by atoms with E-state index in [1.165, 1.54) is 0 Å². The number of hydrogen-bond acceptors (Lipinski definition) is 8. The van der Waals surface area contributed by atoms with Gasteiger partial charge in [-0.15, -0.1) is 0 Å². The topological polar surface area (TPSA) is 257 Å². The summed E-state index contributed by atoms with van der Waals surface area (Å²) in [4.78, 5) is 71.4. The molecule has 14 heteroatoms. The second-order valence-electron chi connectivity index (χ2n) is 8.52. The highest BCUT2D eigenvalue weighted by molar-refractivity contribution is 5.94. The standard InChI is InChI=1S/C21H38N6O8/c1-11(2)17(27-18(31)12(23)6-8-15(24)28)20(33)25-13(7-9-16(29)30)19(32)26-14(21(34)35)5-3-4-10-22/h11-14,17H,3-10,22-23H2,1-2H3,(H2,24,28)(H,25,33)(H,26,32)(H,27,31)(H,29,30)(H,34,35). The van der Waals surface area contributed by atoms with Gasteiger partial charge in [-0.05, 0) is 44.6 Å². The zero-order valence-corrected chi connectivity index (χ0v) is 20.1. The predicted molar refractivity (Wildman–Crippen MR) is 124 cm³/mol. The van der Waals surface area contributed by atoms with E-state index in [0.29, 0.717) is 19.4 Å². The molecule has 0 aliphatic rings. The van der Waals surface area contributed by atoms with Crippen molar-refractivity contribution < 1.29 is 39.0 Å². The van der Waals surface area contributed by atoms with Crippen molar-refractivity contribution >= 4 is 35.6 Å². The van der Waals surface area contributed by atoms with E-state index in [9.17, 15) is 33.9 Å². The van der Waals surface area contributed by atoms with Crippen molar-refractivity contribution in [1.29, 1.82) is 0 Å². The predicted octanol–water partition coefficient (Wildman–Crippen LogP) is -2.23. The first-order valence-corrected chi connectivity index (χ1v) is 11.4. The molecule has 0 saturated carbocycles. The van der Waals surface area contributed by atoms with Gasteiger partial charge >= 0.3 is 11.9 Å². The first-order chi connectivity index (χ1) is 16.3. The fourth-order valence-electron chi connectivity index (χ4n) is 3.04. The quantitative estimate of drug-likeness (QED) is 0.0935. The van der Waals surface area contributed by atoms with Crippen molar-refractivity contribution in [3.8, 4) is 0 Å². The Labute approximate surface area is 203 Å². The first kappa shape index (κ1) is 31.7. The summed E-state index contributed by atoms with van der Waals surface area (Å²) in [5.74, 6) is -5.95. The zero-order valence-electron chi connectivity index (χ0n) is 20.1. The van der Waals surface area contributed by atoms with Crippen LogP contribution in [0, 0.1) is 5.92 Å². The molecule has 200 valence electrons. The van der Waals surface area contributed by atoms with Gasteiger partial charge in [0.05, 0.1) is 6.04 Å². The van der Waals surface area contributed by atoms with Crippen LogP contribution in [0.5, 0.6) is 0 Å². The fourth-order valence-corrected chi connectivity index (χ4v) is 3.04. The summed E-state index contributed by atoms with van der Waals surface area (Å²) < 4.78 is 0. The number of carboxylic acids is 2. The molecule has 0 saturated heterocycles. The summed E-state index contributed by atoms with van der Waals surface area (Å²) in [5.41, 5.74) is 16.2. The average Bonchev–Trinajstić information content (AvgIpc) is 2.76. The summed E-state index contributed by atoms with van der Waals surface area (Å²) in [7, 11) is 0. The molecule has 0 heterocycles. The number of primary amides is 1. The second-order valence-corrected chi connectivity index (χ2v) is 8.52. The summed E-state index contributed by atoms with van der Waals surface area (Å²) >= 11 is 0. The first-order valence-electron chi connectivity index (χ1n) is 11.4. The van der Waals surface area contributed by atoms with E-state index in [4.69, 9.17) is 22.3 Å². The fraction of sp³-hybridized carbons (Fsp3) is 0.714. The molecule has 4 unspecified atom stereocenters. The molecule has 0 aliphatic carbocycles. The average molecular weight is 503 g/mol. The van der Waals surface area contributed by atoms with Crippen molar-refractivity contribution in [3.05, 3.63) is 0 Å². The second kappa shape index (κ2) is 16.4. The minimum atomic E-state index is -1.36. The van der Waals surface area contributed by atoms with Gasteiger partial charge in [-0.25, -0.2) is 4.79 Å². The Balaban J connectivity index is 5.43. The van der Waals surface area contributed by atoms with Crippen LogP contribution >= 0.6 is 0 Å². The number of hydrogen-bond donors (Lipinski definition) is 8. The van der Waals surface area contributed by atoms with Gasteiger partial charge in [0.25, 0.3) is 0 Å². The molecule has 0 fully saturated rings. The number of unbranched alkanes of at least 4 members (excludes halogenated alkanes) is 1. The van der Waals surface area contributed by atoms with Crippen molar-refractivity contribution in [3.63, 3.8) is 0 Å². The maximum Gasteiger partial charge on any atom is 0.326 e. The number of rotatable bonds is 18. The van der Waals surface area contributed by atoms with Gasteiger partial charge in [0, 0.05) is 12.8 Å². The number of aliphatic carboxylic acids is 2. The van der Waals surface area contributed by atoms with Crippen LogP contribution < -0.4 is 33.2 Å².